The lowest BCUT2D eigenvalue weighted by Crippen LogP contribution is -2.21. The fourth-order valence-corrected chi connectivity index (χ4v) is 3.64. The van der Waals surface area contributed by atoms with E-state index in [1.807, 2.05) is 6.20 Å². The fourth-order valence-electron chi connectivity index (χ4n) is 3.64. The Morgan fingerprint density at radius 2 is 1.92 bits per heavy atom. The van der Waals surface area contributed by atoms with Gasteiger partial charge in [-0.05, 0) is 35.8 Å². The van der Waals surface area contributed by atoms with Gasteiger partial charge in [-0.3, -0.25) is 4.79 Å². The van der Waals surface area contributed by atoms with Crippen molar-refractivity contribution in [3.05, 3.63) is 58.7 Å². The molecule has 0 spiro atoms. The second-order valence-electron chi connectivity index (χ2n) is 7.47. The topological polar surface area (TPSA) is 60.1 Å². The number of carbonyl (C=O) groups is 1. The maximum atomic E-state index is 12.7. The zero-order chi connectivity index (χ0) is 18.3. The number of benzene rings is 1. The summed E-state index contributed by atoms with van der Waals surface area (Å²) < 4.78 is 1.65. The lowest BCUT2D eigenvalue weighted by molar-refractivity contribution is 0.0962. The Morgan fingerprint density at radius 3 is 2.62 bits per heavy atom. The van der Waals surface area contributed by atoms with E-state index in [2.05, 4.69) is 60.1 Å². The van der Waals surface area contributed by atoms with Crippen LogP contribution in [0.4, 0.5) is 0 Å². The Kier molecular flexibility index (Phi) is 4.31. The quantitative estimate of drug-likeness (QED) is 0.712. The van der Waals surface area contributed by atoms with Crippen molar-refractivity contribution in [2.45, 2.75) is 58.3 Å². The molecule has 2 heterocycles. The number of fused-ring (bicyclic) bond motifs is 2. The average molecular weight is 348 g/mol. The van der Waals surface area contributed by atoms with E-state index in [1.165, 1.54) is 11.1 Å². The molecule has 5 nitrogen and oxygen atoms in total. The molecule has 2 aromatic heterocycles. The first kappa shape index (κ1) is 16.9. The third kappa shape index (κ3) is 3.02. The zero-order valence-electron chi connectivity index (χ0n) is 15.6. The Morgan fingerprint density at radius 1 is 1.15 bits per heavy atom. The maximum Gasteiger partial charge on any atom is 0.252 e. The lowest BCUT2D eigenvalue weighted by atomic mass is 9.81. The molecule has 0 amide bonds. The van der Waals surface area contributed by atoms with Gasteiger partial charge in [-0.25, -0.2) is 9.50 Å². The van der Waals surface area contributed by atoms with E-state index in [9.17, 15) is 4.79 Å². The van der Waals surface area contributed by atoms with Gasteiger partial charge in [0.2, 0.25) is 0 Å². The van der Waals surface area contributed by atoms with Gasteiger partial charge in [-0.1, -0.05) is 45.0 Å². The predicted molar refractivity (Wildman–Crippen MR) is 101 cm³/mol. The molecule has 0 saturated carbocycles. The molecule has 5 heteroatoms. The van der Waals surface area contributed by atoms with E-state index in [0.29, 0.717) is 23.7 Å². The maximum absolute atomic E-state index is 12.7. The molecule has 0 saturated heterocycles. The highest BCUT2D eigenvalue weighted by atomic mass is 16.1. The van der Waals surface area contributed by atoms with Crippen molar-refractivity contribution in [2.24, 2.45) is 0 Å². The molecule has 26 heavy (non-hydrogen) atoms. The molecular weight excluding hydrogens is 324 g/mol. The molecular formula is C21H24N4O. The molecule has 0 fully saturated rings. The summed E-state index contributed by atoms with van der Waals surface area (Å²) >= 11 is 0. The van der Waals surface area contributed by atoms with Crippen LogP contribution in [0.3, 0.4) is 0 Å². The van der Waals surface area contributed by atoms with Crippen molar-refractivity contribution in [2.75, 3.05) is 0 Å². The summed E-state index contributed by atoms with van der Waals surface area (Å²) in [5.41, 5.74) is 4.08. The number of carbonyl (C=O) groups excluding carboxylic acids is 1. The molecule has 4 rings (SSSR count). The Hall–Kier alpha value is -2.56. The first-order valence-corrected chi connectivity index (χ1v) is 9.43. The van der Waals surface area contributed by atoms with Crippen LogP contribution in [0.25, 0.3) is 5.78 Å². The van der Waals surface area contributed by atoms with Crippen molar-refractivity contribution in [3.63, 3.8) is 0 Å². The third-order valence-electron chi connectivity index (χ3n) is 5.17. The minimum atomic E-state index is 0.145. The Bertz CT molecular complexity index is 956. The zero-order valence-corrected chi connectivity index (χ0v) is 15.6. The summed E-state index contributed by atoms with van der Waals surface area (Å²) in [4.78, 5) is 21.9. The van der Waals surface area contributed by atoms with Gasteiger partial charge in [0.05, 0.1) is 11.3 Å². The molecule has 0 N–H and O–H groups in total. The number of aryl methyl sites for hydroxylation is 1. The number of aromatic nitrogens is 4. The molecule has 3 aromatic rings. The Balaban J connectivity index is 1.66. The largest absolute Gasteiger partial charge is 0.294 e. The summed E-state index contributed by atoms with van der Waals surface area (Å²) in [5.74, 6) is 2.22. The molecule has 0 radical (unpaired) electrons. The van der Waals surface area contributed by atoms with E-state index < -0.39 is 0 Å². The van der Waals surface area contributed by atoms with Crippen molar-refractivity contribution in [1.29, 1.82) is 0 Å². The molecule has 0 aliphatic heterocycles. The van der Waals surface area contributed by atoms with E-state index in [1.54, 1.807) is 4.52 Å². The molecule has 134 valence electrons. The first-order chi connectivity index (χ1) is 12.5. The lowest BCUT2D eigenvalue weighted by Gasteiger charge is -2.23. The van der Waals surface area contributed by atoms with Crippen LogP contribution < -0.4 is 0 Å². The van der Waals surface area contributed by atoms with Crippen molar-refractivity contribution >= 4 is 11.6 Å². The normalized spacial score (nSPS) is 17.1. The number of Topliss-reactive ketones (excluding diaryl/α,β-unsaturated/α-hetero) is 1. The molecule has 1 aliphatic rings. The van der Waals surface area contributed by atoms with Crippen molar-refractivity contribution in [1.82, 2.24) is 19.6 Å². The molecule has 0 unspecified atom stereocenters. The predicted octanol–water partition coefficient (Wildman–Crippen LogP) is 4.11. The van der Waals surface area contributed by atoms with Gasteiger partial charge in [0.25, 0.3) is 5.78 Å². The molecule has 1 aliphatic carbocycles. The van der Waals surface area contributed by atoms with Gasteiger partial charge in [-0.15, -0.1) is 5.10 Å². The van der Waals surface area contributed by atoms with Gasteiger partial charge >= 0.3 is 0 Å². The van der Waals surface area contributed by atoms with Gasteiger partial charge in [0, 0.05) is 19.0 Å². The van der Waals surface area contributed by atoms with Crippen LogP contribution in [-0.4, -0.2) is 25.4 Å². The number of rotatable bonds is 4. The number of hydrogen-bond acceptors (Lipinski definition) is 4. The summed E-state index contributed by atoms with van der Waals surface area (Å²) in [6, 6.07) is 8.67. The smallest absolute Gasteiger partial charge is 0.252 e. The van der Waals surface area contributed by atoms with Crippen LogP contribution >= 0.6 is 0 Å². The van der Waals surface area contributed by atoms with E-state index in [-0.39, 0.29) is 11.7 Å². The fraction of sp³-hybridized carbons (Fsp3) is 0.429. The summed E-state index contributed by atoms with van der Waals surface area (Å²) in [7, 11) is 0. The highest BCUT2D eigenvalue weighted by molar-refractivity contribution is 5.98. The van der Waals surface area contributed by atoms with Crippen molar-refractivity contribution < 1.29 is 4.79 Å². The molecule has 0 bridgehead atoms. The van der Waals surface area contributed by atoms with Crippen LogP contribution in [0.2, 0.25) is 0 Å². The van der Waals surface area contributed by atoms with Crippen LogP contribution in [0.1, 0.15) is 78.5 Å². The first-order valence-electron chi connectivity index (χ1n) is 9.43. The summed E-state index contributed by atoms with van der Waals surface area (Å²) in [6.45, 7) is 6.48. The van der Waals surface area contributed by atoms with Crippen LogP contribution in [-0.2, 0) is 12.8 Å². The van der Waals surface area contributed by atoms with Gasteiger partial charge in [0.15, 0.2) is 11.6 Å². The van der Waals surface area contributed by atoms with Crippen LogP contribution in [0.5, 0.6) is 0 Å². The van der Waals surface area contributed by atoms with Crippen LogP contribution in [0, 0.1) is 0 Å². The number of nitrogens with zero attached hydrogens (tertiary/aromatic N) is 4. The van der Waals surface area contributed by atoms with E-state index in [4.69, 9.17) is 0 Å². The molecule has 1 atom stereocenters. The van der Waals surface area contributed by atoms with Gasteiger partial charge in [0.1, 0.15) is 0 Å². The second kappa shape index (κ2) is 6.63. The van der Waals surface area contributed by atoms with E-state index >= 15 is 0 Å². The average Bonchev–Trinajstić information content (AvgIpc) is 3.02. The van der Waals surface area contributed by atoms with Crippen molar-refractivity contribution in [3.8, 4) is 0 Å². The summed E-state index contributed by atoms with van der Waals surface area (Å²) in [5, 5.41) is 4.44. The van der Waals surface area contributed by atoms with Gasteiger partial charge in [-0.2, -0.15) is 4.98 Å². The summed E-state index contributed by atoms with van der Waals surface area (Å²) in [6.07, 6.45) is 4.92. The SMILES string of the molecule is CCCc1nc2nc3c(cn2n1)C(=O)C[C@@H](c1ccc(C(C)C)cc1)C3. The Labute approximate surface area is 153 Å². The highest BCUT2D eigenvalue weighted by Crippen LogP contribution is 2.32. The third-order valence-corrected chi connectivity index (χ3v) is 5.17. The second-order valence-corrected chi connectivity index (χ2v) is 7.47. The molecule has 1 aromatic carbocycles. The van der Waals surface area contributed by atoms with Gasteiger partial charge < -0.3 is 0 Å². The standard InChI is InChI=1S/C21H24N4O/c1-4-5-20-23-21-22-18-10-16(11-19(26)17(18)12-25(21)24-20)15-8-6-14(7-9-15)13(2)3/h6-9,12-13,16H,4-5,10-11H2,1-3H3/t16-/m0/s1. The minimum Gasteiger partial charge on any atom is -0.294 e. The monoisotopic (exact) mass is 348 g/mol. The number of ketones is 1. The highest BCUT2D eigenvalue weighted by Gasteiger charge is 2.28. The minimum absolute atomic E-state index is 0.145. The van der Waals surface area contributed by atoms with E-state index in [0.717, 1.165) is 30.8 Å². The number of hydrogen-bond donors (Lipinski definition) is 0. The van der Waals surface area contributed by atoms with Crippen LogP contribution in [0.15, 0.2) is 30.5 Å².